The van der Waals surface area contributed by atoms with E-state index in [1.807, 2.05) is 12.1 Å². The number of hydrogen-bond donors (Lipinski definition) is 2. The Morgan fingerprint density at radius 2 is 1.88 bits per heavy atom. The van der Waals surface area contributed by atoms with Gasteiger partial charge in [-0.1, -0.05) is 0 Å². The van der Waals surface area contributed by atoms with Crippen molar-refractivity contribution in [1.82, 2.24) is 5.32 Å². The molecule has 2 aromatic rings. The molecule has 8 heteroatoms. The predicted molar refractivity (Wildman–Crippen MR) is 98.0 cm³/mol. The van der Waals surface area contributed by atoms with Crippen molar-refractivity contribution in [2.45, 2.75) is 5.75 Å². The highest BCUT2D eigenvalue weighted by Crippen LogP contribution is 2.39. The van der Waals surface area contributed by atoms with Crippen molar-refractivity contribution in [3.05, 3.63) is 36.3 Å². The molecule has 0 spiro atoms. The van der Waals surface area contributed by atoms with Gasteiger partial charge in [0.05, 0.1) is 39.0 Å². The van der Waals surface area contributed by atoms with E-state index in [1.165, 1.54) is 21.3 Å². The minimum atomic E-state index is -0.298. The molecule has 2 amide bonds. The van der Waals surface area contributed by atoms with Gasteiger partial charge in [0, 0.05) is 24.4 Å². The van der Waals surface area contributed by atoms with E-state index in [0.717, 1.165) is 17.3 Å². The number of hydrogen-bond acceptors (Lipinski definition) is 6. The quantitative estimate of drug-likeness (QED) is 0.662. The highest BCUT2D eigenvalue weighted by Gasteiger charge is 2.14. The van der Waals surface area contributed by atoms with Gasteiger partial charge < -0.3 is 29.3 Å². The van der Waals surface area contributed by atoms with E-state index in [2.05, 4.69) is 10.6 Å². The largest absolute Gasteiger partial charge is 0.493 e. The second kappa shape index (κ2) is 9.73. The first-order valence-electron chi connectivity index (χ1n) is 7.63. The van der Waals surface area contributed by atoms with Crippen LogP contribution in [0.3, 0.4) is 0 Å². The van der Waals surface area contributed by atoms with Gasteiger partial charge in [-0.15, -0.1) is 0 Å². The molecule has 25 heavy (non-hydrogen) atoms. The summed E-state index contributed by atoms with van der Waals surface area (Å²) in [5.74, 6) is 3.92. The number of furan rings is 1. The number of ether oxygens (including phenoxy) is 3. The van der Waals surface area contributed by atoms with Gasteiger partial charge in [-0.25, -0.2) is 4.79 Å². The number of thioether (sulfide) groups is 1. The van der Waals surface area contributed by atoms with Crippen molar-refractivity contribution in [1.29, 1.82) is 0 Å². The average molecular weight is 366 g/mol. The second-order valence-electron chi connectivity index (χ2n) is 4.93. The number of carbonyl (C=O) groups is 1. The molecule has 7 nitrogen and oxygen atoms in total. The van der Waals surface area contributed by atoms with Gasteiger partial charge in [-0.05, 0) is 12.1 Å². The van der Waals surface area contributed by atoms with E-state index in [1.54, 1.807) is 30.2 Å². The van der Waals surface area contributed by atoms with Gasteiger partial charge in [-0.2, -0.15) is 11.8 Å². The van der Waals surface area contributed by atoms with Gasteiger partial charge in [0.25, 0.3) is 0 Å². The smallest absolute Gasteiger partial charge is 0.319 e. The summed E-state index contributed by atoms with van der Waals surface area (Å²) in [5, 5.41) is 5.55. The SMILES string of the molecule is COc1cc(NC(=O)NCCSCc2ccco2)cc(OC)c1OC. The van der Waals surface area contributed by atoms with Crippen LogP contribution >= 0.6 is 11.8 Å². The lowest BCUT2D eigenvalue weighted by Crippen LogP contribution is -2.30. The van der Waals surface area contributed by atoms with Gasteiger partial charge in [0.1, 0.15) is 5.76 Å². The fourth-order valence-corrected chi connectivity index (χ4v) is 2.89. The van der Waals surface area contributed by atoms with Crippen LogP contribution in [0.4, 0.5) is 10.5 Å². The van der Waals surface area contributed by atoms with E-state index in [9.17, 15) is 4.79 Å². The molecule has 0 radical (unpaired) electrons. The lowest BCUT2D eigenvalue weighted by molar-refractivity contribution is 0.252. The second-order valence-corrected chi connectivity index (χ2v) is 6.03. The standard InChI is InChI=1S/C17H22N2O5S/c1-21-14-9-12(10-15(22-2)16(14)23-3)19-17(20)18-6-8-25-11-13-5-4-7-24-13/h4-5,7,9-10H,6,8,11H2,1-3H3,(H2,18,19,20). The molecule has 0 fully saturated rings. The third-order valence-corrected chi connectivity index (χ3v) is 4.26. The average Bonchev–Trinajstić information content (AvgIpc) is 3.13. The molecule has 0 unspecified atom stereocenters. The summed E-state index contributed by atoms with van der Waals surface area (Å²) in [6, 6.07) is 6.84. The Bertz CT molecular complexity index is 651. The topological polar surface area (TPSA) is 82.0 Å². The number of nitrogens with one attached hydrogen (secondary N) is 2. The van der Waals surface area contributed by atoms with Crippen LogP contribution in [0.15, 0.2) is 34.9 Å². The van der Waals surface area contributed by atoms with Crippen molar-refractivity contribution < 1.29 is 23.4 Å². The lowest BCUT2D eigenvalue weighted by atomic mass is 10.2. The van der Waals surface area contributed by atoms with Crippen LogP contribution in [0.5, 0.6) is 17.2 Å². The highest BCUT2D eigenvalue weighted by atomic mass is 32.2. The zero-order valence-electron chi connectivity index (χ0n) is 14.5. The van der Waals surface area contributed by atoms with Crippen LogP contribution in [0.25, 0.3) is 0 Å². The Hall–Kier alpha value is -2.48. The molecule has 1 aromatic carbocycles. The zero-order valence-corrected chi connectivity index (χ0v) is 15.3. The van der Waals surface area contributed by atoms with Crippen molar-refractivity contribution >= 4 is 23.5 Å². The maximum Gasteiger partial charge on any atom is 0.319 e. The van der Waals surface area contributed by atoms with Gasteiger partial charge in [-0.3, -0.25) is 0 Å². The normalized spacial score (nSPS) is 10.2. The molecular formula is C17H22N2O5S. The number of anilines is 1. The summed E-state index contributed by atoms with van der Waals surface area (Å²) in [6.45, 7) is 0.543. The maximum atomic E-state index is 12.0. The van der Waals surface area contributed by atoms with E-state index in [0.29, 0.717) is 29.5 Å². The minimum absolute atomic E-state index is 0.298. The molecule has 0 aliphatic heterocycles. The van der Waals surface area contributed by atoms with Crippen LogP contribution in [0.2, 0.25) is 0 Å². The molecule has 2 N–H and O–H groups in total. The molecule has 0 bridgehead atoms. The fourth-order valence-electron chi connectivity index (χ4n) is 2.13. The Morgan fingerprint density at radius 3 is 2.44 bits per heavy atom. The molecule has 0 saturated heterocycles. The maximum absolute atomic E-state index is 12.0. The monoisotopic (exact) mass is 366 g/mol. The van der Waals surface area contributed by atoms with Crippen LogP contribution in [0.1, 0.15) is 5.76 Å². The van der Waals surface area contributed by atoms with Crippen molar-refractivity contribution in [2.75, 3.05) is 38.9 Å². The van der Waals surface area contributed by atoms with Crippen molar-refractivity contribution in [2.24, 2.45) is 0 Å². The number of rotatable bonds is 9. The summed E-state index contributed by atoms with van der Waals surface area (Å²) < 4.78 is 21.0. The molecule has 136 valence electrons. The first-order valence-corrected chi connectivity index (χ1v) is 8.78. The summed E-state index contributed by atoms with van der Waals surface area (Å²) in [4.78, 5) is 12.0. The molecule has 1 heterocycles. The van der Waals surface area contributed by atoms with Gasteiger partial charge >= 0.3 is 6.03 Å². The highest BCUT2D eigenvalue weighted by molar-refractivity contribution is 7.98. The summed E-state index contributed by atoms with van der Waals surface area (Å²) in [7, 11) is 4.58. The van der Waals surface area contributed by atoms with Crippen molar-refractivity contribution in [3.63, 3.8) is 0 Å². The lowest BCUT2D eigenvalue weighted by Gasteiger charge is -2.14. The summed E-state index contributed by atoms with van der Waals surface area (Å²) in [6.07, 6.45) is 1.65. The molecule has 0 atom stereocenters. The van der Waals surface area contributed by atoms with Crippen LogP contribution in [0, 0.1) is 0 Å². The van der Waals surface area contributed by atoms with Gasteiger partial charge in [0.15, 0.2) is 11.5 Å². The number of urea groups is 1. The predicted octanol–water partition coefficient (Wildman–Crippen LogP) is 3.36. The summed E-state index contributed by atoms with van der Waals surface area (Å²) in [5.41, 5.74) is 0.551. The molecule has 1 aromatic heterocycles. The van der Waals surface area contributed by atoms with Crippen LogP contribution in [-0.4, -0.2) is 39.7 Å². The van der Waals surface area contributed by atoms with E-state index in [4.69, 9.17) is 18.6 Å². The Labute approximate surface area is 151 Å². The summed E-state index contributed by atoms with van der Waals surface area (Å²) >= 11 is 1.68. The third kappa shape index (κ3) is 5.53. The number of carbonyl (C=O) groups excluding carboxylic acids is 1. The first kappa shape index (κ1) is 18.9. The van der Waals surface area contributed by atoms with E-state index in [-0.39, 0.29) is 6.03 Å². The molecule has 0 aliphatic carbocycles. The van der Waals surface area contributed by atoms with Crippen LogP contribution in [-0.2, 0) is 5.75 Å². The minimum Gasteiger partial charge on any atom is -0.493 e. The Balaban J connectivity index is 1.81. The number of amides is 2. The molecule has 0 saturated carbocycles. The first-order chi connectivity index (χ1) is 12.2. The molecule has 2 rings (SSSR count). The third-order valence-electron chi connectivity index (χ3n) is 3.28. The number of methoxy groups -OCH3 is 3. The fraction of sp³-hybridized carbons (Fsp3) is 0.353. The molecular weight excluding hydrogens is 344 g/mol. The molecule has 0 aliphatic rings. The van der Waals surface area contributed by atoms with Crippen LogP contribution < -0.4 is 24.8 Å². The van der Waals surface area contributed by atoms with Gasteiger partial charge in [0.2, 0.25) is 5.75 Å². The Morgan fingerprint density at radius 1 is 1.16 bits per heavy atom. The number of benzene rings is 1. The van der Waals surface area contributed by atoms with E-state index >= 15 is 0 Å². The zero-order chi connectivity index (χ0) is 18.1. The van der Waals surface area contributed by atoms with Crippen molar-refractivity contribution in [3.8, 4) is 17.2 Å². The van der Waals surface area contributed by atoms with E-state index < -0.39 is 0 Å². The Kier molecular flexibility index (Phi) is 7.34.